The molecule has 1 atom stereocenters. The maximum Gasteiger partial charge on any atom is 0.292 e. The van der Waals surface area contributed by atoms with Crippen LogP contribution in [0.5, 0.6) is 11.5 Å². The number of nitrogens with one attached hydrogen (secondary N) is 1. The molecule has 5 nitrogen and oxygen atoms in total. The molecule has 0 aliphatic carbocycles. The first-order valence-electron chi connectivity index (χ1n) is 6.82. The van der Waals surface area contributed by atoms with E-state index in [4.69, 9.17) is 14.3 Å². The Bertz CT molecular complexity index is 630. The van der Waals surface area contributed by atoms with Crippen molar-refractivity contribution in [3.8, 4) is 11.5 Å². The highest BCUT2D eigenvalue weighted by atomic mass is 16.6. The molecule has 1 unspecified atom stereocenters. The molecule has 0 saturated carbocycles. The zero-order valence-electron chi connectivity index (χ0n) is 12.8. The molecule has 0 bridgehead atoms. The van der Waals surface area contributed by atoms with Crippen LogP contribution < -0.4 is 15.0 Å². The molecule has 1 amide bonds. The minimum Gasteiger partial charge on any atom is -0.497 e. The summed E-state index contributed by atoms with van der Waals surface area (Å²) in [7, 11) is 2.96. The Morgan fingerprint density at radius 3 is 2.32 bits per heavy atom. The van der Waals surface area contributed by atoms with Gasteiger partial charge < -0.3 is 9.47 Å². The summed E-state index contributed by atoms with van der Waals surface area (Å²) in [5, 5.41) is 0. The minimum atomic E-state index is -1.23. The maximum atomic E-state index is 12.4. The van der Waals surface area contributed by atoms with Gasteiger partial charge in [-0.3, -0.25) is 9.63 Å². The molecular formula is C17H19NO4. The maximum absolute atomic E-state index is 12.4. The molecule has 5 heteroatoms. The number of carbonyl (C=O) groups excluding carboxylic acids is 1. The van der Waals surface area contributed by atoms with Crippen LogP contribution in [0.25, 0.3) is 0 Å². The number of amides is 1. The van der Waals surface area contributed by atoms with Crippen molar-refractivity contribution in [2.45, 2.75) is 12.5 Å². The molecule has 0 aliphatic rings. The number of carbonyl (C=O) groups is 1. The zero-order chi connectivity index (χ0) is 16.0. The van der Waals surface area contributed by atoms with Gasteiger partial charge in [0.1, 0.15) is 11.5 Å². The first kappa shape index (κ1) is 15.9. The van der Waals surface area contributed by atoms with Gasteiger partial charge in [-0.05, 0) is 19.1 Å². The number of methoxy groups -OCH3 is 1. The number of hydrogen-bond acceptors (Lipinski definition) is 4. The van der Waals surface area contributed by atoms with Crippen LogP contribution in [0.4, 0.5) is 0 Å². The lowest BCUT2D eigenvalue weighted by Crippen LogP contribution is -2.46. The molecule has 2 rings (SSSR count). The van der Waals surface area contributed by atoms with E-state index in [1.54, 1.807) is 32.2 Å². The average Bonchev–Trinajstić information content (AvgIpc) is 2.56. The lowest BCUT2D eigenvalue weighted by Gasteiger charge is -2.29. The van der Waals surface area contributed by atoms with Crippen molar-refractivity contribution in [2.75, 3.05) is 14.2 Å². The van der Waals surface area contributed by atoms with Crippen LogP contribution in [0, 0.1) is 0 Å². The molecule has 116 valence electrons. The van der Waals surface area contributed by atoms with Gasteiger partial charge in [0.15, 0.2) is 0 Å². The van der Waals surface area contributed by atoms with Gasteiger partial charge in [0.05, 0.1) is 14.2 Å². The first-order chi connectivity index (χ1) is 10.6. The van der Waals surface area contributed by atoms with Gasteiger partial charge in [0.25, 0.3) is 5.91 Å². The second-order valence-electron chi connectivity index (χ2n) is 4.82. The molecule has 2 aromatic carbocycles. The topological polar surface area (TPSA) is 56.8 Å². The Morgan fingerprint density at radius 1 is 1.00 bits per heavy atom. The van der Waals surface area contributed by atoms with Crippen molar-refractivity contribution >= 4 is 5.91 Å². The number of rotatable bonds is 6. The summed E-state index contributed by atoms with van der Waals surface area (Å²) in [5.41, 5.74) is 1.82. The fraction of sp³-hybridized carbons (Fsp3) is 0.235. The van der Waals surface area contributed by atoms with Crippen molar-refractivity contribution in [3.05, 3.63) is 60.2 Å². The van der Waals surface area contributed by atoms with Crippen LogP contribution in [-0.2, 0) is 15.2 Å². The van der Waals surface area contributed by atoms with E-state index in [1.165, 1.54) is 7.11 Å². The number of ether oxygens (including phenoxy) is 2. The highest BCUT2D eigenvalue weighted by Crippen LogP contribution is 2.30. The number of hydroxylamine groups is 1. The molecule has 0 aromatic heterocycles. The third kappa shape index (κ3) is 3.38. The van der Waals surface area contributed by atoms with Gasteiger partial charge >= 0.3 is 0 Å². The summed E-state index contributed by atoms with van der Waals surface area (Å²) in [4.78, 5) is 17.2. The standard InChI is InChI=1S/C17H19NO4/c1-17(16(19)18-21-3,13-8-5-4-6-9-13)22-15-11-7-10-14(12-15)20-2/h4-12H,1-3H3,(H,18,19). The van der Waals surface area contributed by atoms with Gasteiger partial charge in [0.2, 0.25) is 5.60 Å². The van der Waals surface area contributed by atoms with Crippen molar-refractivity contribution < 1.29 is 19.1 Å². The van der Waals surface area contributed by atoms with Crippen LogP contribution in [0.1, 0.15) is 12.5 Å². The Labute approximate surface area is 129 Å². The van der Waals surface area contributed by atoms with Gasteiger partial charge in [-0.15, -0.1) is 0 Å². The second-order valence-corrected chi connectivity index (χ2v) is 4.82. The van der Waals surface area contributed by atoms with Crippen LogP contribution >= 0.6 is 0 Å². The second kappa shape index (κ2) is 6.95. The normalized spacial score (nSPS) is 13.0. The summed E-state index contributed by atoms with van der Waals surface area (Å²) in [6.07, 6.45) is 0. The van der Waals surface area contributed by atoms with Crippen molar-refractivity contribution in [2.24, 2.45) is 0 Å². The lowest BCUT2D eigenvalue weighted by atomic mass is 9.95. The van der Waals surface area contributed by atoms with E-state index >= 15 is 0 Å². The van der Waals surface area contributed by atoms with Crippen molar-refractivity contribution in [1.82, 2.24) is 5.48 Å². The summed E-state index contributed by atoms with van der Waals surface area (Å²) >= 11 is 0. The van der Waals surface area contributed by atoms with Gasteiger partial charge in [0, 0.05) is 11.6 Å². The Balaban J connectivity index is 2.38. The zero-order valence-corrected chi connectivity index (χ0v) is 12.8. The smallest absolute Gasteiger partial charge is 0.292 e. The summed E-state index contributed by atoms with van der Waals surface area (Å²) in [5.74, 6) is 0.779. The molecule has 0 spiro atoms. The lowest BCUT2D eigenvalue weighted by molar-refractivity contribution is -0.147. The molecule has 22 heavy (non-hydrogen) atoms. The van der Waals surface area contributed by atoms with E-state index in [2.05, 4.69) is 5.48 Å². The highest BCUT2D eigenvalue weighted by molar-refractivity contribution is 5.85. The fourth-order valence-corrected chi connectivity index (χ4v) is 2.08. The third-order valence-electron chi connectivity index (χ3n) is 3.32. The Kier molecular flexibility index (Phi) is 5.01. The van der Waals surface area contributed by atoms with E-state index in [9.17, 15) is 4.79 Å². The third-order valence-corrected chi connectivity index (χ3v) is 3.32. The average molecular weight is 301 g/mol. The molecule has 2 aromatic rings. The van der Waals surface area contributed by atoms with Crippen LogP contribution in [0.3, 0.4) is 0 Å². The predicted octanol–water partition coefficient (Wildman–Crippen LogP) is 2.67. The van der Waals surface area contributed by atoms with E-state index in [-0.39, 0.29) is 0 Å². The van der Waals surface area contributed by atoms with Gasteiger partial charge in [-0.2, -0.15) is 0 Å². The van der Waals surface area contributed by atoms with Crippen molar-refractivity contribution in [1.29, 1.82) is 0 Å². The fourth-order valence-electron chi connectivity index (χ4n) is 2.08. The molecule has 1 N–H and O–H groups in total. The SMILES string of the molecule is CONC(=O)C(C)(Oc1cccc(OC)c1)c1ccccc1. The predicted molar refractivity (Wildman–Crippen MR) is 82.6 cm³/mol. The number of hydrogen-bond donors (Lipinski definition) is 1. The Hall–Kier alpha value is -2.53. The summed E-state index contributed by atoms with van der Waals surface area (Å²) in [6.45, 7) is 1.69. The van der Waals surface area contributed by atoms with Crippen LogP contribution in [0.15, 0.2) is 54.6 Å². The molecule has 0 saturated heterocycles. The molecular weight excluding hydrogens is 282 g/mol. The van der Waals surface area contributed by atoms with Crippen LogP contribution in [-0.4, -0.2) is 20.1 Å². The molecule has 0 fully saturated rings. The van der Waals surface area contributed by atoms with Crippen molar-refractivity contribution in [3.63, 3.8) is 0 Å². The monoisotopic (exact) mass is 301 g/mol. The summed E-state index contributed by atoms with van der Waals surface area (Å²) < 4.78 is 11.2. The number of benzene rings is 2. The first-order valence-corrected chi connectivity index (χ1v) is 6.82. The minimum absolute atomic E-state index is 0.399. The molecule has 0 heterocycles. The van der Waals surface area contributed by atoms with Gasteiger partial charge in [-0.25, -0.2) is 5.48 Å². The van der Waals surface area contributed by atoms with E-state index in [1.807, 2.05) is 36.4 Å². The summed E-state index contributed by atoms with van der Waals surface area (Å²) in [6, 6.07) is 16.3. The highest BCUT2D eigenvalue weighted by Gasteiger charge is 2.38. The molecule has 0 radical (unpaired) electrons. The largest absolute Gasteiger partial charge is 0.497 e. The van der Waals surface area contributed by atoms with E-state index in [0.717, 1.165) is 0 Å². The quantitative estimate of drug-likeness (QED) is 0.833. The van der Waals surface area contributed by atoms with Crippen LogP contribution in [0.2, 0.25) is 0 Å². The van der Waals surface area contributed by atoms with Gasteiger partial charge in [-0.1, -0.05) is 36.4 Å². The molecule has 0 aliphatic heterocycles. The van der Waals surface area contributed by atoms with E-state index < -0.39 is 11.5 Å². The van der Waals surface area contributed by atoms with E-state index in [0.29, 0.717) is 17.1 Å². The Morgan fingerprint density at radius 2 is 1.68 bits per heavy atom.